The third-order valence-corrected chi connectivity index (χ3v) is 2.54. The fraction of sp³-hybridized carbons (Fsp3) is 0.200. The zero-order valence-corrected chi connectivity index (χ0v) is 12.0. The van der Waals surface area contributed by atoms with Crippen molar-refractivity contribution in [3.8, 4) is 5.75 Å². The van der Waals surface area contributed by atoms with E-state index in [0.29, 0.717) is 12.4 Å². The standard InChI is InChI=1S/C10H12O4S.Na/c1-2-3-8-14-9-4-6-10(7-5-9)15(11,12)13;/h2-7H,8H2,1H3,(H,11,12,13);/q;+1/p-1. The molecule has 0 heterocycles. The SMILES string of the molecule is CC=CCOc1ccc(S(=O)(=O)[O-])cc1.[Na+]. The van der Waals surface area contributed by atoms with Gasteiger partial charge in [0.25, 0.3) is 0 Å². The van der Waals surface area contributed by atoms with E-state index in [1.54, 1.807) is 0 Å². The molecule has 0 fully saturated rings. The van der Waals surface area contributed by atoms with Crippen LogP contribution in [0.1, 0.15) is 6.92 Å². The van der Waals surface area contributed by atoms with Crippen molar-refractivity contribution in [1.29, 1.82) is 0 Å². The fourth-order valence-corrected chi connectivity index (χ4v) is 1.41. The Balaban J connectivity index is 0.00000225. The summed E-state index contributed by atoms with van der Waals surface area (Å²) in [7, 11) is -4.36. The van der Waals surface area contributed by atoms with Crippen LogP contribution in [0.25, 0.3) is 0 Å². The number of allylic oxidation sites excluding steroid dienone is 1. The van der Waals surface area contributed by atoms with Gasteiger partial charge in [0.2, 0.25) is 0 Å². The normalized spacial score (nSPS) is 11.1. The van der Waals surface area contributed by atoms with Crippen molar-refractivity contribution in [2.75, 3.05) is 6.61 Å². The molecule has 0 atom stereocenters. The molecular weight excluding hydrogens is 239 g/mol. The molecule has 0 unspecified atom stereocenters. The molecule has 0 aliphatic rings. The Morgan fingerprint density at radius 1 is 1.31 bits per heavy atom. The fourth-order valence-electron chi connectivity index (χ4n) is 0.943. The summed E-state index contributed by atoms with van der Waals surface area (Å²) in [6, 6.07) is 5.36. The van der Waals surface area contributed by atoms with E-state index in [4.69, 9.17) is 4.74 Å². The van der Waals surface area contributed by atoms with Crippen LogP contribution < -0.4 is 34.3 Å². The molecule has 0 saturated heterocycles. The predicted molar refractivity (Wildman–Crippen MR) is 54.7 cm³/mol. The maximum Gasteiger partial charge on any atom is 1.00 e. The van der Waals surface area contributed by atoms with E-state index < -0.39 is 10.1 Å². The van der Waals surface area contributed by atoms with Gasteiger partial charge in [0.05, 0.1) is 4.90 Å². The molecule has 0 N–H and O–H groups in total. The van der Waals surface area contributed by atoms with E-state index in [1.165, 1.54) is 24.3 Å². The third-order valence-electron chi connectivity index (χ3n) is 1.69. The van der Waals surface area contributed by atoms with Crippen LogP contribution in [0.15, 0.2) is 41.3 Å². The molecule has 0 spiro atoms. The molecular formula is C10H11NaO4S. The minimum atomic E-state index is -4.36. The van der Waals surface area contributed by atoms with Gasteiger partial charge < -0.3 is 9.29 Å². The molecule has 0 aliphatic heterocycles. The summed E-state index contributed by atoms with van der Waals surface area (Å²) in [5.74, 6) is 0.528. The van der Waals surface area contributed by atoms with Crippen LogP contribution in [0.4, 0.5) is 0 Å². The van der Waals surface area contributed by atoms with Gasteiger partial charge in [0.15, 0.2) is 0 Å². The number of rotatable bonds is 4. The van der Waals surface area contributed by atoms with Crippen LogP contribution in [0.3, 0.4) is 0 Å². The van der Waals surface area contributed by atoms with Crippen LogP contribution in [-0.2, 0) is 10.1 Å². The van der Waals surface area contributed by atoms with E-state index in [1.807, 2.05) is 19.1 Å². The number of hydrogen-bond donors (Lipinski definition) is 0. The van der Waals surface area contributed by atoms with Gasteiger partial charge in [-0.05, 0) is 31.2 Å². The van der Waals surface area contributed by atoms with Gasteiger partial charge in [0.1, 0.15) is 22.5 Å². The molecule has 1 aromatic rings. The average Bonchev–Trinajstić information content (AvgIpc) is 2.18. The van der Waals surface area contributed by atoms with Gasteiger partial charge in [-0.15, -0.1) is 0 Å². The first-order valence-corrected chi connectivity index (χ1v) is 5.75. The Bertz CT molecular complexity index is 436. The van der Waals surface area contributed by atoms with Crippen molar-refractivity contribution in [1.82, 2.24) is 0 Å². The average molecular weight is 250 g/mol. The smallest absolute Gasteiger partial charge is 0.744 e. The van der Waals surface area contributed by atoms with Gasteiger partial charge >= 0.3 is 29.6 Å². The maximum atomic E-state index is 10.6. The molecule has 1 aromatic carbocycles. The van der Waals surface area contributed by atoms with Gasteiger partial charge in [-0.1, -0.05) is 12.2 Å². The number of benzene rings is 1. The second-order valence-electron chi connectivity index (χ2n) is 2.81. The quantitative estimate of drug-likeness (QED) is 0.372. The molecule has 0 radical (unpaired) electrons. The first-order chi connectivity index (χ1) is 7.04. The summed E-state index contributed by atoms with van der Waals surface area (Å²) in [6.45, 7) is 2.29. The van der Waals surface area contributed by atoms with E-state index in [0.717, 1.165) is 0 Å². The first-order valence-electron chi connectivity index (χ1n) is 4.34. The molecule has 0 bridgehead atoms. The summed E-state index contributed by atoms with van der Waals surface area (Å²) in [5.41, 5.74) is 0. The Morgan fingerprint density at radius 3 is 2.31 bits per heavy atom. The van der Waals surface area contributed by atoms with Crippen molar-refractivity contribution in [3.05, 3.63) is 36.4 Å². The molecule has 82 valence electrons. The zero-order valence-electron chi connectivity index (χ0n) is 9.21. The van der Waals surface area contributed by atoms with E-state index in [9.17, 15) is 13.0 Å². The summed E-state index contributed by atoms with van der Waals surface area (Å²) >= 11 is 0. The molecule has 0 amide bonds. The van der Waals surface area contributed by atoms with Gasteiger partial charge in [0, 0.05) is 0 Å². The second kappa shape index (κ2) is 7.09. The van der Waals surface area contributed by atoms with Gasteiger partial charge in [-0.3, -0.25) is 0 Å². The van der Waals surface area contributed by atoms with Gasteiger partial charge in [-0.25, -0.2) is 8.42 Å². The Labute approximate surface area is 117 Å². The van der Waals surface area contributed by atoms with Crippen molar-refractivity contribution in [2.45, 2.75) is 11.8 Å². The Hall–Kier alpha value is -0.330. The van der Waals surface area contributed by atoms with Crippen LogP contribution in [0.2, 0.25) is 0 Å². The van der Waals surface area contributed by atoms with Crippen molar-refractivity contribution >= 4 is 10.1 Å². The summed E-state index contributed by atoms with van der Waals surface area (Å²) in [5, 5.41) is 0. The molecule has 0 aromatic heterocycles. The molecule has 1 rings (SSSR count). The van der Waals surface area contributed by atoms with Crippen LogP contribution in [0.5, 0.6) is 5.75 Å². The third kappa shape index (κ3) is 5.14. The minimum Gasteiger partial charge on any atom is -0.744 e. The minimum absolute atomic E-state index is 0. The van der Waals surface area contributed by atoms with Crippen molar-refractivity contribution in [3.63, 3.8) is 0 Å². The molecule has 4 nitrogen and oxygen atoms in total. The summed E-state index contributed by atoms with van der Waals surface area (Å²) in [4.78, 5) is -0.249. The van der Waals surface area contributed by atoms with Crippen LogP contribution in [0, 0.1) is 0 Å². The molecule has 0 saturated carbocycles. The molecule has 0 aliphatic carbocycles. The Morgan fingerprint density at radius 2 is 1.88 bits per heavy atom. The largest absolute Gasteiger partial charge is 1.00 e. The summed E-state index contributed by atoms with van der Waals surface area (Å²) in [6.07, 6.45) is 3.66. The van der Waals surface area contributed by atoms with E-state index >= 15 is 0 Å². The first kappa shape index (κ1) is 15.7. The molecule has 16 heavy (non-hydrogen) atoms. The van der Waals surface area contributed by atoms with Crippen molar-refractivity contribution in [2.24, 2.45) is 0 Å². The van der Waals surface area contributed by atoms with E-state index in [-0.39, 0.29) is 34.5 Å². The van der Waals surface area contributed by atoms with E-state index in [2.05, 4.69) is 0 Å². The number of hydrogen-bond acceptors (Lipinski definition) is 4. The summed E-state index contributed by atoms with van der Waals surface area (Å²) < 4.78 is 37.0. The maximum absolute atomic E-state index is 10.6. The zero-order chi connectivity index (χ0) is 11.3. The van der Waals surface area contributed by atoms with Crippen LogP contribution in [-0.4, -0.2) is 19.6 Å². The number of ether oxygens (including phenoxy) is 1. The monoisotopic (exact) mass is 250 g/mol. The van der Waals surface area contributed by atoms with Crippen LogP contribution >= 0.6 is 0 Å². The topological polar surface area (TPSA) is 66.4 Å². The Kier molecular flexibility index (Phi) is 6.94. The second-order valence-corrected chi connectivity index (χ2v) is 4.19. The van der Waals surface area contributed by atoms with Crippen molar-refractivity contribution < 1.29 is 47.3 Å². The molecule has 6 heteroatoms. The van der Waals surface area contributed by atoms with Gasteiger partial charge in [-0.2, -0.15) is 0 Å². The predicted octanol–water partition coefficient (Wildman–Crippen LogP) is -1.45.